The first-order chi connectivity index (χ1) is 17.9. The Morgan fingerprint density at radius 3 is 2.76 bits per heavy atom. The van der Waals surface area contributed by atoms with Gasteiger partial charge in [0, 0.05) is 41.7 Å². The average molecular weight is 525 g/mol. The molecule has 4 rings (SSSR count). The Morgan fingerprint density at radius 2 is 2.00 bits per heavy atom. The van der Waals surface area contributed by atoms with Crippen LogP contribution < -0.4 is 4.74 Å². The highest BCUT2D eigenvalue weighted by Crippen LogP contribution is 2.36. The molecule has 0 aliphatic carbocycles. The van der Waals surface area contributed by atoms with E-state index in [0.29, 0.717) is 30.1 Å². The molecule has 1 aliphatic heterocycles. The molecule has 0 spiro atoms. The summed E-state index contributed by atoms with van der Waals surface area (Å²) in [6.07, 6.45) is 3.55. The van der Waals surface area contributed by atoms with Crippen molar-refractivity contribution < 1.29 is 19.0 Å². The number of thioether (sulfide) groups is 1. The molecule has 0 radical (unpaired) electrons. The summed E-state index contributed by atoms with van der Waals surface area (Å²) in [5.41, 5.74) is 2.67. The highest BCUT2D eigenvalue weighted by Gasteiger charge is 2.30. The number of nitrogens with zero attached hydrogens (tertiary/aromatic N) is 2. The molecule has 0 saturated carbocycles. The third-order valence-corrected chi connectivity index (χ3v) is 8.50. The molecule has 37 heavy (non-hydrogen) atoms. The van der Waals surface area contributed by atoms with Crippen LogP contribution in [0.15, 0.2) is 59.6 Å². The van der Waals surface area contributed by atoms with E-state index in [1.54, 1.807) is 19.4 Å². The van der Waals surface area contributed by atoms with Crippen LogP contribution in [0, 0.1) is 18.8 Å². The van der Waals surface area contributed by atoms with Gasteiger partial charge in [-0.15, -0.1) is 11.8 Å². The lowest BCUT2D eigenvalue weighted by atomic mass is 9.79. The predicted molar refractivity (Wildman–Crippen MR) is 148 cm³/mol. The number of methoxy groups -OCH3 is 1. The third-order valence-electron chi connectivity index (χ3n) is 7.51. The minimum Gasteiger partial charge on any atom is -0.497 e. The second-order valence-corrected chi connectivity index (χ2v) is 11.2. The zero-order valence-corrected chi connectivity index (χ0v) is 22.6. The maximum absolute atomic E-state index is 15.6. The molecule has 5 nitrogen and oxygen atoms in total. The molecular formula is C30H37FN2O3S. The number of halogens is 1. The van der Waals surface area contributed by atoms with E-state index in [2.05, 4.69) is 41.1 Å². The Morgan fingerprint density at radius 1 is 1.19 bits per heavy atom. The minimum atomic E-state index is -1.10. The lowest BCUT2D eigenvalue weighted by molar-refractivity contribution is -0.137. The van der Waals surface area contributed by atoms with Crippen LogP contribution in [-0.4, -0.2) is 53.5 Å². The van der Waals surface area contributed by atoms with Gasteiger partial charge in [-0.25, -0.2) is 4.39 Å². The standard InChI is InChI=1S/C30H37FN2O3S/c1-21-3-8-25(9-4-21)37-18-17-33-16-14-22(23(20-33)6-12-30(34)35)5-10-28(31)26-13-15-32-29-11-7-24(36-2)19-27(26)29/h3-4,7-9,11,13,15,19,22-23,28H,5-6,10,12,14,16-18,20H2,1-2H3,(H,34,35)/t22?,23?,28-/m0/s1. The van der Waals surface area contributed by atoms with Crippen molar-refractivity contribution in [2.45, 2.75) is 50.1 Å². The molecule has 3 atom stereocenters. The topological polar surface area (TPSA) is 62.7 Å². The second kappa shape index (κ2) is 13.2. The van der Waals surface area contributed by atoms with Crippen LogP contribution >= 0.6 is 11.8 Å². The lowest BCUT2D eigenvalue weighted by Gasteiger charge is -2.39. The van der Waals surface area contributed by atoms with Gasteiger partial charge in [-0.1, -0.05) is 17.7 Å². The number of pyridine rings is 1. The van der Waals surface area contributed by atoms with Gasteiger partial charge in [0.25, 0.3) is 0 Å². The molecule has 2 unspecified atom stereocenters. The molecule has 1 saturated heterocycles. The Bertz CT molecular complexity index is 1170. The third kappa shape index (κ3) is 7.68. The monoisotopic (exact) mass is 524 g/mol. The molecule has 0 amide bonds. The van der Waals surface area contributed by atoms with E-state index in [1.807, 2.05) is 30.0 Å². The lowest BCUT2D eigenvalue weighted by Crippen LogP contribution is -2.41. The van der Waals surface area contributed by atoms with Gasteiger partial charge < -0.3 is 14.7 Å². The number of aryl methyl sites for hydroxylation is 1. The second-order valence-electron chi connectivity index (χ2n) is 10.0. The van der Waals surface area contributed by atoms with Crippen molar-refractivity contribution in [2.75, 3.05) is 32.5 Å². The summed E-state index contributed by atoms with van der Waals surface area (Å²) in [6, 6.07) is 15.9. The van der Waals surface area contributed by atoms with Crippen LogP contribution in [0.2, 0.25) is 0 Å². The van der Waals surface area contributed by atoms with Crippen molar-refractivity contribution in [2.24, 2.45) is 11.8 Å². The van der Waals surface area contributed by atoms with Crippen molar-refractivity contribution in [3.05, 3.63) is 65.9 Å². The van der Waals surface area contributed by atoms with E-state index >= 15 is 4.39 Å². The minimum absolute atomic E-state index is 0.168. The van der Waals surface area contributed by atoms with E-state index in [-0.39, 0.29) is 12.3 Å². The summed E-state index contributed by atoms with van der Waals surface area (Å²) in [5.74, 6) is 1.55. The number of aromatic nitrogens is 1. The number of hydrogen-bond donors (Lipinski definition) is 1. The fraction of sp³-hybridized carbons (Fsp3) is 0.467. The fourth-order valence-corrected chi connectivity index (χ4v) is 6.28. The normalized spacial score (nSPS) is 19.1. The number of carboxylic acid groups (broad SMARTS) is 1. The number of fused-ring (bicyclic) bond motifs is 1. The van der Waals surface area contributed by atoms with Gasteiger partial charge in [0.2, 0.25) is 0 Å². The van der Waals surface area contributed by atoms with Crippen molar-refractivity contribution in [1.29, 1.82) is 0 Å². The van der Waals surface area contributed by atoms with Gasteiger partial charge in [-0.3, -0.25) is 9.78 Å². The summed E-state index contributed by atoms with van der Waals surface area (Å²) >= 11 is 1.86. The van der Waals surface area contributed by atoms with Gasteiger partial charge in [-0.05, 0) is 92.9 Å². The van der Waals surface area contributed by atoms with Crippen molar-refractivity contribution in [1.82, 2.24) is 9.88 Å². The molecule has 1 aliphatic rings. The number of carbonyl (C=O) groups is 1. The van der Waals surface area contributed by atoms with Gasteiger partial charge in [0.05, 0.1) is 12.6 Å². The molecule has 1 aromatic heterocycles. The SMILES string of the molecule is COc1ccc2nccc([C@@H](F)CCC3CCN(CCSc4ccc(C)cc4)CC3CCC(=O)O)c2c1. The Kier molecular flexibility index (Phi) is 9.81. The Labute approximate surface area is 223 Å². The van der Waals surface area contributed by atoms with Crippen molar-refractivity contribution >= 4 is 28.6 Å². The van der Waals surface area contributed by atoms with Crippen LogP contribution in [-0.2, 0) is 4.79 Å². The van der Waals surface area contributed by atoms with Crippen LogP contribution in [0.4, 0.5) is 4.39 Å². The first-order valence-corrected chi connectivity index (χ1v) is 14.1. The summed E-state index contributed by atoms with van der Waals surface area (Å²) in [6.45, 7) is 4.94. The maximum Gasteiger partial charge on any atom is 0.303 e. The summed E-state index contributed by atoms with van der Waals surface area (Å²) in [4.78, 5) is 19.4. The summed E-state index contributed by atoms with van der Waals surface area (Å²) in [7, 11) is 1.61. The molecule has 1 N–H and O–H groups in total. The first-order valence-electron chi connectivity index (χ1n) is 13.1. The van der Waals surface area contributed by atoms with Crippen LogP contribution in [0.25, 0.3) is 10.9 Å². The molecule has 2 aromatic carbocycles. The largest absolute Gasteiger partial charge is 0.497 e. The predicted octanol–water partition coefficient (Wildman–Crippen LogP) is 6.94. The molecule has 7 heteroatoms. The molecule has 198 valence electrons. The number of alkyl halides is 1. The zero-order chi connectivity index (χ0) is 26.2. The molecule has 0 bridgehead atoms. The number of rotatable bonds is 12. The van der Waals surface area contributed by atoms with Gasteiger partial charge in [-0.2, -0.15) is 0 Å². The Hall–Kier alpha value is -2.64. The van der Waals surface area contributed by atoms with Crippen molar-refractivity contribution in [3.63, 3.8) is 0 Å². The Balaban J connectivity index is 1.34. The van der Waals surface area contributed by atoms with E-state index in [9.17, 15) is 9.90 Å². The zero-order valence-electron chi connectivity index (χ0n) is 21.7. The summed E-state index contributed by atoms with van der Waals surface area (Å²) < 4.78 is 20.9. The number of aliphatic carboxylic acids is 1. The van der Waals surface area contributed by atoms with Gasteiger partial charge in [0.15, 0.2) is 0 Å². The van der Waals surface area contributed by atoms with E-state index in [1.165, 1.54) is 10.5 Å². The van der Waals surface area contributed by atoms with E-state index in [4.69, 9.17) is 4.74 Å². The van der Waals surface area contributed by atoms with Crippen LogP contribution in [0.1, 0.15) is 49.4 Å². The van der Waals surface area contributed by atoms with E-state index in [0.717, 1.165) is 49.1 Å². The average Bonchev–Trinajstić information content (AvgIpc) is 2.91. The number of likely N-dealkylation sites (tertiary alicyclic amines) is 1. The number of benzene rings is 2. The van der Waals surface area contributed by atoms with Gasteiger partial charge in [0.1, 0.15) is 11.9 Å². The number of piperidine rings is 1. The highest BCUT2D eigenvalue weighted by molar-refractivity contribution is 7.99. The number of ether oxygens (including phenoxy) is 1. The quantitative estimate of drug-likeness (QED) is 0.259. The smallest absolute Gasteiger partial charge is 0.303 e. The van der Waals surface area contributed by atoms with Crippen molar-refractivity contribution in [3.8, 4) is 5.75 Å². The molecular weight excluding hydrogens is 487 g/mol. The number of hydrogen-bond acceptors (Lipinski definition) is 5. The van der Waals surface area contributed by atoms with Crippen LogP contribution in [0.5, 0.6) is 5.75 Å². The first kappa shape index (κ1) is 27.4. The fourth-order valence-electron chi connectivity index (χ4n) is 5.36. The van der Waals surface area contributed by atoms with Crippen LogP contribution in [0.3, 0.4) is 0 Å². The summed E-state index contributed by atoms with van der Waals surface area (Å²) in [5, 5.41) is 10.1. The molecule has 3 aromatic rings. The van der Waals surface area contributed by atoms with E-state index < -0.39 is 12.1 Å². The molecule has 2 heterocycles. The molecule has 1 fully saturated rings. The highest BCUT2D eigenvalue weighted by atomic mass is 32.2. The maximum atomic E-state index is 15.6. The number of carboxylic acids is 1. The van der Waals surface area contributed by atoms with Gasteiger partial charge >= 0.3 is 5.97 Å².